The van der Waals surface area contributed by atoms with Crippen molar-refractivity contribution in [3.8, 4) is 17.5 Å². The van der Waals surface area contributed by atoms with E-state index in [1.807, 2.05) is 40.9 Å². The summed E-state index contributed by atoms with van der Waals surface area (Å²) in [5, 5.41) is 10.7. The van der Waals surface area contributed by atoms with Gasteiger partial charge in [0.1, 0.15) is 17.0 Å². The Hall–Kier alpha value is -2.98. The smallest absolute Gasteiger partial charge is 0.174 e. The van der Waals surface area contributed by atoms with Crippen LogP contribution in [0.25, 0.3) is 27.8 Å². The Morgan fingerprint density at radius 3 is 3.04 bits per heavy atom. The van der Waals surface area contributed by atoms with E-state index in [9.17, 15) is 0 Å². The fraction of sp³-hybridized carbons (Fsp3) is 0.0625. The number of imidazole rings is 1. The third-order valence-corrected chi connectivity index (χ3v) is 4.42. The molecule has 0 saturated carbocycles. The van der Waals surface area contributed by atoms with Crippen LogP contribution in [0, 0.1) is 11.3 Å². The van der Waals surface area contributed by atoms with Gasteiger partial charge in [-0.1, -0.05) is 30.0 Å². The van der Waals surface area contributed by atoms with Gasteiger partial charge < -0.3 is 10.7 Å². The number of aromatic amines is 1. The van der Waals surface area contributed by atoms with Crippen LogP contribution in [-0.2, 0) is 0 Å². The van der Waals surface area contributed by atoms with Crippen molar-refractivity contribution in [3.63, 3.8) is 0 Å². The predicted octanol–water partition coefficient (Wildman–Crippen LogP) is 3.08. The topological polar surface area (TPSA) is 95.8 Å². The molecule has 0 saturated heterocycles. The van der Waals surface area contributed by atoms with Crippen molar-refractivity contribution >= 4 is 34.0 Å². The Labute approximate surface area is 136 Å². The summed E-state index contributed by atoms with van der Waals surface area (Å²) in [6.45, 7) is 0. The lowest BCUT2D eigenvalue weighted by molar-refractivity contribution is 0.951. The van der Waals surface area contributed by atoms with Crippen molar-refractivity contribution < 1.29 is 0 Å². The molecule has 0 bridgehead atoms. The van der Waals surface area contributed by atoms with Crippen molar-refractivity contribution in [1.82, 2.24) is 19.4 Å². The van der Waals surface area contributed by atoms with Gasteiger partial charge >= 0.3 is 0 Å². The largest absolute Gasteiger partial charge is 0.382 e. The molecule has 0 atom stereocenters. The molecule has 0 amide bonds. The van der Waals surface area contributed by atoms with Gasteiger partial charge in [0.15, 0.2) is 5.16 Å². The number of hydrogen-bond acceptors (Lipinski definition) is 5. The number of nitrogens with one attached hydrogen (secondary N) is 1. The number of hydrogen-bond donors (Lipinski definition) is 2. The Balaban J connectivity index is 1.97. The van der Waals surface area contributed by atoms with Crippen LogP contribution in [0.3, 0.4) is 0 Å². The van der Waals surface area contributed by atoms with Crippen LogP contribution in [-0.4, -0.2) is 25.1 Å². The summed E-state index contributed by atoms with van der Waals surface area (Å²) in [6, 6.07) is 12.2. The number of aromatic nitrogens is 4. The number of anilines is 1. The molecule has 0 aliphatic carbocycles. The van der Waals surface area contributed by atoms with Gasteiger partial charge in [0, 0.05) is 23.3 Å². The summed E-state index contributed by atoms with van der Waals surface area (Å²) >= 11 is 1.37. The number of nitrogen functional groups attached to an aromatic ring is 1. The second-order valence-corrected chi connectivity index (χ2v) is 5.93. The fourth-order valence-corrected chi connectivity index (χ4v) is 3.26. The van der Waals surface area contributed by atoms with Gasteiger partial charge in [0.05, 0.1) is 17.5 Å². The Kier molecular flexibility index (Phi) is 3.17. The summed E-state index contributed by atoms with van der Waals surface area (Å²) in [5.74, 6) is 0.741. The highest BCUT2D eigenvalue weighted by Crippen LogP contribution is 2.32. The summed E-state index contributed by atoms with van der Waals surface area (Å²) in [7, 11) is 0. The maximum absolute atomic E-state index is 8.82. The van der Waals surface area contributed by atoms with Crippen LogP contribution in [0.1, 0.15) is 0 Å². The molecule has 3 N–H and O–H groups in total. The standard InChI is InChI=1S/C16H12N6S/c17-5-8-23-16-21-13(14-15(18)19-6-7-22(14)16)12-9-10-3-1-2-4-11(10)20-12/h1-4,6-7,9,20H,8H2,(H2,18,19). The SMILES string of the molecule is N#CCSc1nc(-c2cc3ccccc3[nH]2)c2c(N)nccn12. The van der Waals surface area contributed by atoms with Crippen LogP contribution in [0.4, 0.5) is 5.82 Å². The number of fused-ring (bicyclic) bond motifs is 2. The number of thioether (sulfide) groups is 1. The number of nitriles is 1. The molecule has 3 heterocycles. The van der Waals surface area contributed by atoms with Crippen molar-refractivity contribution in [2.24, 2.45) is 0 Å². The molecule has 7 heteroatoms. The highest BCUT2D eigenvalue weighted by atomic mass is 32.2. The summed E-state index contributed by atoms with van der Waals surface area (Å²) in [5.41, 5.74) is 9.48. The van der Waals surface area contributed by atoms with Crippen molar-refractivity contribution in [1.29, 1.82) is 5.26 Å². The fourth-order valence-electron chi connectivity index (χ4n) is 2.62. The lowest BCUT2D eigenvalue weighted by atomic mass is 10.2. The van der Waals surface area contributed by atoms with Gasteiger partial charge in [-0.2, -0.15) is 5.26 Å². The minimum atomic E-state index is 0.327. The lowest BCUT2D eigenvalue weighted by Crippen LogP contribution is -1.96. The number of rotatable bonds is 3. The Morgan fingerprint density at radius 1 is 1.35 bits per heavy atom. The first-order chi connectivity index (χ1) is 11.3. The molecule has 0 aliphatic heterocycles. The van der Waals surface area contributed by atoms with Crippen LogP contribution < -0.4 is 5.73 Å². The number of nitrogens with zero attached hydrogens (tertiary/aromatic N) is 4. The molecule has 4 rings (SSSR count). The van der Waals surface area contributed by atoms with Crippen LogP contribution in [0.5, 0.6) is 0 Å². The van der Waals surface area contributed by atoms with Crippen molar-refractivity contribution in [2.45, 2.75) is 5.16 Å². The zero-order valence-electron chi connectivity index (χ0n) is 12.0. The average Bonchev–Trinajstić information content (AvgIpc) is 3.15. The van der Waals surface area contributed by atoms with Crippen LogP contribution in [0.15, 0.2) is 47.9 Å². The van der Waals surface area contributed by atoms with E-state index in [1.54, 1.807) is 6.20 Å². The second kappa shape index (κ2) is 5.34. The molecule has 112 valence electrons. The minimum Gasteiger partial charge on any atom is -0.382 e. The molecule has 0 unspecified atom stereocenters. The maximum atomic E-state index is 8.82. The molecule has 3 aromatic heterocycles. The number of H-pyrrole nitrogens is 1. The van der Waals surface area contributed by atoms with Gasteiger partial charge in [-0.15, -0.1) is 0 Å². The molecule has 0 aliphatic rings. The van der Waals surface area contributed by atoms with E-state index in [0.717, 1.165) is 33.0 Å². The van der Waals surface area contributed by atoms with Crippen molar-refractivity contribution in [3.05, 3.63) is 42.7 Å². The number of nitrogens with two attached hydrogens (primary N) is 1. The van der Waals surface area contributed by atoms with E-state index >= 15 is 0 Å². The lowest BCUT2D eigenvalue weighted by Gasteiger charge is -2.00. The number of para-hydroxylation sites is 1. The van der Waals surface area contributed by atoms with Gasteiger partial charge in [-0.25, -0.2) is 9.97 Å². The molecular formula is C16H12N6S. The first-order valence-corrected chi connectivity index (χ1v) is 7.97. The average molecular weight is 320 g/mol. The monoisotopic (exact) mass is 320 g/mol. The highest BCUT2D eigenvalue weighted by molar-refractivity contribution is 7.99. The molecule has 4 aromatic rings. The van der Waals surface area contributed by atoms with Crippen LogP contribution in [0.2, 0.25) is 0 Å². The van der Waals surface area contributed by atoms with Gasteiger partial charge in [0.2, 0.25) is 0 Å². The van der Waals surface area contributed by atoms with Crippen molar-refractivity contribution in [2.75, 3.05) is 11.5 Å². The van der Waals surface area contributed by atoms with E-state index < -0.39 is 0 Å². The first kappa shape index (κ1) is 13.7. The zero-order valence-corrected chi connectivity index (χ0v) is 12.8. The maximum Gasteiger partial charge on any atom is 0.174 e. The highest BCUT2D eigenvalue weighted by Gasteiger charge is 2.17. The quantitative estimate of drug-likeness (QED) is 0.566. The van der Waals surface area contributed by atoms with Gasteiger partial charge in [-0.3, -0.25) is 4.40 Å². The molecule has 0 spiro atoms. The first-order valence-electron chi connectivity index (χ1n) is 6.98. The molecule has 1 aromatic carbocycles. The molecule has 23 heavy (non-hydrogen) atoms. The minimum absolute atomic E-state index is 0.327. The Morgan fingerprint density at radius 2 is 2.22 bits per heavy atom. The third kappa shape index (κ3) is 2.20. The molecular weight excluding hydrogens is 308 g/mol. The Bertz CT molecular complexity index is 1020. The number of benzene rings is 1. The summed E-state index contributed by atoms with van der Waals surface area (Å²) in [6.07, 6.45) is 3.44. The normalized spacial score (nSPS) is 11.1. The van der Waals surface area contributed by atoms with Gasteiger partial charge in [0.25, 0.3) is 0 Å². The molecule has 6 nitrogen and oxygen atoms in total. The predicted molar refractivity (Wildman–Crippen MR) is 91.0 cm³/mol. The second-order valence-electron chi connectivity index (χ2n) is 4.99. The molecule has 0 radical (unpaired) electrons. The van der Waals surface area contributed by atoms with E-state index in [2.05, 4.69) is 21.0 Å². The molecule has 0 fully saturated rings. The van der Waals surface area contributed by atoms with E-state index in [4.69, 9.17) is 11.0 Å². The van der Waals surface area contributed by atoms with E-state index in [1.165, 1.54) is 11.8 Å². The van der Waals surface area contributed by atoms with Gasteiger partial charge in [-0.05, 0) is 12.1 Å². The third-order valence-electron chi connectivity index (χ3n) is 3.60. The summed E-state index contributed by atoms with van der Waals surface area (Å²) in [4.78, 5) is 12.2. The van der Waals surface area contributed by atoms with Crippen LogP contribution >= 0.6 is 11.8 Å². The van der Waals surface area contributed by atoms with E-state index in [0.29, 0.717) is 11.6 Å². The van der Waals surface area contributed by atoms with E-state index in [-0.39, 0.29) is 0 Å². The zero-order chi connectivity index (χ0) is 15.8. The summed E-state index contributed by atoms with van der Waals surface area (Å²) < 4.78 is 1.88.